The van der Waals surface area contributed by atoms with Gasteiger partial charge in [-0.15, -0.1) is 0 Å². The van der Waals surface area contributed by atoms with Crippen molar-refractivity contribution < 1.29 is 17.9 Å². The molecule has 2 N–H and O–H groups in total. The normalized spacial score (nSPS) is 22.6. The maximum Gasteiger partial charge on any atom is 0.251 e. The van der Waals surface area contributed by atoms with Crippen molar-refractivity contribution in [2.75, 3.05) is 19.4 Å². The van der Waals surface area contributed by atoms with Crippen LogP contribution in [0.15, 0.2) is 24.3 Å². The van der Waals surface area contributed by atoms with Gasteiger partial charge in [0.05, 0.1) is 12.9 Å². The number of hydrogen-bond donors (Lipinski definition) is 2. The molecule has 0 heterocycles. The van der Waals surface area contributed by atoms with Crippen molar-refractivity contribution >= 4 is 15.9 Å². The smallest absolute Gasteiger partial charge is 0.251 e. The molecule has 0 bridgehead atoms. The molecule has 1 aromatic rings. The van der Waals surface area contributed by atoms with Crippen molar-refractivity contribution in [2.45, 2.75) is 46.1 Å². The first-order valence-corrected chi connectivity index (χ1v) is 10.7. The molecule has 1 amide bonds. The molecule has 1 saturated carbocycles. The highest BCUT2D eigenvalue weighted by Crippen LogP contribution is 2.38. The van der Waals surface area contributed by atoms with Crippen LogP contribution in [0.5, 0.6) is 5.75 Å². The summed E-state index contributed by atoms with van der Waals surface area (Å²) in [4.78, 5) is 12.1. The van der Waals surface area contributed by atoms with Gasteiger partial charge in [-0.1, -0.05) is 26.8 Å². The number of nitrogens with one attached hydrogen (secondary N) is 2. The molecule has 0 unspecified atom stereocenters. The highest BCUT2D eigenvalue weighted by molar-refractivity contribution is 7.89. The Morgan fingerprint density at radius 1 is 1.31 bits per heavy atom. The molecule has 1 fully saturated rings. The van der Waals surface area contributed by atoms with E-state index in [4.69, 9.17) is 4.74 Å². The van der Waals surface area contributed by atoms with Crippen LogP contribution in [0, 0.1) is 11.3 Å². The van der Waals surface area contributed by atoms with Gasteiger partial charge >= 0.3 is 0 Å². The molecule has 0 aliphatic heterocycles. The largest absolute Gasteiger partial charge is 0.497 e. The van der Waals surface area contributed by atoms with E-state index in [0.717, 1.165) is 19.3 Å². The SMILES string of the molecule is COc1cccc(C(=O)NCCS(=O)(=O)N[C@H]2C[C@H](C)CC(C)(C)C2)c1. The number of carbonyl (C=O) groups excluding carboxylic acids is 1. The molecule has 146 valence electrons. The maximum atomic E-state index is 12.4. The molecule has 1 aromatic carbocycles. The van der Waals surface area contributed by atoms with E-state index >= 15 is 0 Å². The zero-order valence-corrected chi connectivity index (χ0v) is 16.9. The average molecular weight is 383 g/mol. The summed E-state index contributed by atoms with van der Waals surface area (Å²) < 4.78 is 32.6. The van der Waals surface area contributed by atoms with Crippen LogP contribution in [0.3, 0.4) is 0 Å². The van der Waals surface area contributed by atoms with Gasteiger partial charge in [-0.05, 0) is 48.8 Å². The highest BCUT2D eigenvalue weighted by atomic mass is 32.2. The molecule has 1 aliphatic rings. The summed E-state index contributed by atoms with van der Waals surface area (Å²) in [5.74, 6) is 0.639. The van der Waals surface area contributed by atoms with Crippen molar-refractivity contribution in [3.8, 4) is 5.75 Å². The lowest BCUT2D eigenvalue weighted by Crippen LogP contribution is -2.45. The molecule has 26 heavy (non-hydrogen) atoms. The van der Waals surface area contributed by atoms with Gasteiger partial charge in [0, 0.05) is 18.2 Å². The Labute approximate surface area is 156 Å². The first-order valence-electron chi connectivity index (χ1n) is 9.02. The second-order valence-electron chi connectivity index (χ2n) is 8.03. The third kappa shape index (κ3) is 6.29. The van der Waals surface area contributed by atoms with E-state index in [1.165, 1.54) is 7.11 Å². The van der Waals surface area contributed by atoms with Gasteiger partial charge in [0.2, 0.25) is 10.0 Å². The Balaban J connectivity index is 1.85. The average Bonchev–Trinajstić information content (AvgIpc) is 2.52. The van der Waals surface area contributed by atoms with Gasteiger partial charge in [0.15, 0.2) is 0 Å². The zero-order valence-electron chi connectivity index (χ0n) is 16.0. The molecule has 1 aliphatic carbocycles. The summed E-state index contributed by atoms with van der Waals surface area (Å²) in [6, 6.07) is 6.72. The van der Waals surface area contributed by atoms with Crippen molar-refractivity contribution in [1.82, 2.24) is 10.0 Å². The third-order valence-corrected chi connectivity index (χ3v) is 6.16. The molecule has 0 aromatic heterocycles. The molecule has 0 saturated heterocycles. The monoisotopic (exact) mass is 382 g/mol. The summed E-state index contributed by atoms with van der Waals surface area (Å²) >= 11 is 0. The van der Waals surface area contributed by atoms with Gasteiger partial charge in [-0.3, -0.25) is 4.79 Å². The van der Waals surface area contributed by atoms with Gasteiger partial charge in [0.1, 0.15) is 5.75 Å². The van der Waals surface area contributed by atoms with E-state index in [0.29, 0.717) is 17.2 Å². The maximum absolute atomic E-state index is 12.4. The Morgan fingerprint density at radius 3 is 2.69 bits per heavy atom. The van der Waals surface area contributed by atoms with E-state index in [9.17, 15) is 13.2 Å². The predicted molar refractivity (Wildman–Crippen MR) is 103 cm³/mol. The first kappa shape index (κ1) is 20.7. The van der Waals surface area contributed by atoms with Gasteiger partial charge in [0.25, 0.3) is 5.91 Å². The summed E-state index contributed by atoms with van der Waals surface area (Å²) in [5.41, 5.74) is 0.586. The molecular weight excluding hydrogens is 352 g/mol. The minimum absolute atomic E-state index is 0.0344. The van der Waals surface area contributed by atoms with Gasteiger partial charge in [-0.25, -0.2) is 13.1 Å². The standard InChI is InChI=1S/C19H30N2O4S/c1-14-10-16(13-19(2,3)12-14)21-26(23,24)9-8-20-18(22)15-6-5-7-17(11-15)25-4/h5-7,11,14,16,21H,8-10,12-13H2,1-4H3,(H,20,22)/t14-,16-/m0/s1. The lowest BCUT2D eigenvalue weighted by Gasteiger charge is -2.39. The lowest BCUT2D eigenvalue weighted by atomic mass is 9.71. The van der Waals surface area contributed by atoms with Crippen LogP contribution in [0.25, 0.3) is 0 Å². The topological polar surface area (TPSA) is 84.5 Å². The summed E-state index contributed by atoms with van der Waals surface area (Å²) in [5, 5.41) is 2.65. The van der Waals surface area contributed by atoms with Crippen molar-refractivity contribution in [3.63, 3.8) is 0 Å². The minimum Gasteiger partial charge on any atom is -0.497 e. The molecular formula is C19H30N2O4S. The number of carbonyl (C=O) groups is 1. The van der Waals surface area contributed by atoms with Gasteiger partial charge < -0.3 is 10.1 Å². The number of ether oxygens (including phenoxy) is 1. The highest BCUT2D eigenvalue weighted by Gasteiger charge is 2.33. The Bertz CT molecular complexity index is 731. The van der Waals surface area contributed by atoms with Crippen molar-refractivity contribution in [3.05, 3.63) is 29.8 Å². The number of hydrogen-bond acceptors (Lipinski definition) is 4. The fraction of sp³-hybridized carbons (Fsp3) is 0.632. The molecule has 6 nitrogen and oxygen atoms in total. The van der Waals surface area contributed by atoms with Crippen LogP contribution in [-0.2, 0) is 10.0 Å². The Hall–Kier alpha value is -1.60. The fourth-order valence-corrected chi connectivity index (χ4v) is 5.09. The van der Waals surface area contributed by atoms with E-state index in [1.54, 1.807) is 24.3 Å². The van der Waals surface area contributed by atoms with Crippen molar-refractivity contribution in [1.29, 1.82) is 0 Å². The van der Waals surface area contributed by atoms with E-state index in [1.807, 2.05) is 0 Å². The molecule has 0 spiro atoms. The predicted octanol–water partition coefficient (Wildman–Crippen LogP) is 2.56. The van der Waals surface area contributed by atoms with Crippen LogP contribution in [0.2, 0.25) is 0 Å². The van der Waals surface area contributed by atoms with Crippen molar-refractivity contribution in [2.24, 2.45) is 11.3 Å². The van der Waals surface area contributed by atoms with E-state index in [-0.39, 0.29) is 29.7 Å². The Morgan fingerprint density at radius 2 is 2.04 bits per heavy atom. The van der Waals surface area contributed by atoms with Gasteiger partial charge in [-0.2, -0.15) is 0 Å². The number of methoxy groups -OCH3 is 1. The third-order valence-electron chi connectivity index (χ3n) is 4.72. The Kier molecular flexibility index (Phi) is 6.69. The molecule has 2 atom stereocenters. The summed E-state index contributed by atoms with van der Waals surface area (Å²) in [6.45, 7) is 6.59. The number of amides is 1. The summed E-state index contributed by atoms with van der Waals surface area (Å²) in [7, 11) is -1.90. The van der Waals surface area contributed by atoms with Crippen LogP contribution >= 0.6 is 0 Å². The second-order valence-corrected chi connectivity index (χ2v) is 9.91. The summed E-state index contributed by atoms with van der Waals surface area (Å²) in [6.07, 6.45) is 2.81. The van der Waals surface area contributed by atoms with E-state index < -0.39 is 10.0 Å². The number of benzene rings is 1. The fourth-order valence-electron chi connectivity index (χ4n) is 3.91. The first-order chi connectivity index (χ1) is 12.1. The minimum atomic E-state index is -3.43. The van der Waals surface area contributed by atoms with Crippen LogP contribution in [0.4, 0.5) is 0 Å². The quantitative estimate of drug-likeness (QED) is 0.759. The van der Waals surface area contributed by atoms with Crippen LogP contribution in [0.1, 0.15) is 50.4 Å². The molecule has 2 rings (SSSR count). The molecule has 0 radical (unpaired) electrons. The second kappa shape index (κ2) is 8.39. The van der Waals surface area contributed by atoms with Crippen LogP contribution < -0.4 is 14.8 Å². The number of rotatable bonds is 7. The lowest BCUT2D eigenvalue weighted by molar-refractivity contribution is 0.0955. The molecule has 7 heteroatoms. The van der Waals surface area contributed by atoms with Crippen LogP contribution in [-0.4, -0.2) is 39.8 Å². The number of sulfonamides is 1. The zero-order chi connectivity index (χ0) is 19.4. The van der Waals surface area contributed by atoms with E-state index in [2.05, 4.69) is 30.8 Å².